The van der Waals surface area contributed by atoms with Crippen LogP contribution >= 0.6 is 0 Å². The van der Waals surface area contributed by atoms with Crippen LogP contribution in [0.15, 0.2) is 53.6 Å². The van der Waals surface area contributed by atoms with Gasteiger partial charge in [-0.1, -0.05) is 13.0 Å². The number of carbonyl (C=O) groups is 1. The number of pyridine rings is 1. The van der Waals surface area contributed by atoms with Crippen molar-refractivity contribution in [1.82, 2.24) is 15.0 Å². The first-order chi connectivity index (χ1) is 11.4. The molecule has 1 aromatic carbocycles. The zero-order valence-corrected chi connectivity index (χ0v) is 14.5. The number of hydrogen-bond acceptors (Lipinski definition) is 4. The number of benzene rings is 1. The fraction of sp³-hybridized carbons (Fsp3) is 0.294. The van der Waals surface area contributed by atoms with Crippen molar-refractivity contribution in [2.75, 3.05) is 0 Å². The maximum Gasteiger partial charge on any atom is 0.251 e. The van der Waals surface area contributed by atoms with E-state index in [0.717, 1.165) is 5.69 Å². The fourth-order valence-corrected chi connectivity index (χ4v) is 3.30. The molecular weight excluding hydrogens is 326 g/mol. The molecule has 0 saturated carbocycles. The standard InChI is InChI=1S/C17H21N3O3S/c1-3-13(2)20-24(22,23)16-9-7-14(8-10-16)17(21)19-12-15-6-4-5-11-18-15/h4-11,13,20H,3,12H2,1-2H3,(H,19,21)/t13-/m1/s1. The van der Waals surface area contributed by atoms with Crippen LogP contribution in [0.2, 0.25) is 0 Å². The van der Waals surface area contributed by atoms with E-state index in [0.29, 0.717) is 18.5 Å². The van der Waals surface area contributed by atoms with Gasteiger partial charge in [-0.15, -0.1) is 0 Å². The van der Waals surface area contributed by atoms with E-state index in [1.54, 1.807) is 19.2 Å². The van der Waals surface area contributed by atoms with Crippen molar-refractivity contribution in [2.45, 2.75) is 37.8 Å². The highest BCUT2D eigenvalue weighted by Crippen LogP contribution is 2.12. The molecule has 1 amide bonds. The molecule has 0 bridgehead atoms. The van der Waals surface area contributed by atoms with Gasteiger partial charge in [-0.25, -0.2) is 13.1 Å². The predicted molar refractivity (Wildman–Crippen MR) is 91.9 cm³/mol. The Morgan fingerprint density at radius 2 is 1.88 bits per heavy atom. The third-order valence-electron chi connectivity index (χ3n) is 3.55. The second kappa shape index (κ2) is 8.03. The van der Waals surface area contributed by atoms with Gasteiger partial charge in [-0.05, 0) is 49.7 Å². The molecule has 0 spiro atoms. The van der Waals surface area contributed by atoms with Crippen LogP contribution in [0.4, 0.5) is 0 Å². The minimum absolute atomic E-state index is 0.142. The molecule has 1 heterocycles. The number of nitrogens with zero attached hydrogens (tertiary/aromatic N) is 1. The van der Waals surface area contributed by atoms with Crippen LogP contribution in [0.5, 0.6) is 0 Å². The number of sulfonamides is 1. The Morgan fingerprint density at radius 3 is 2.46 bits per heavy atom. The van der Waals surface area contributed by atoms with Crippen molar-refractivity contribution in [3.8, 4) is 0 Å². The first-order valence-electron chi connectivity index (χ1n) is 7.73. The molecule has 1 atom stereocenters. The molecule has 0 aliphatic carbocycles. The highest BCUT2D eigenvalue weighted by atomic mass is 32.2. The third kappa shape index (κ3) is 4.87. The van der Waals surface area contributed by atoms with E-state index >= 15 is 0 Å². The summed E-state index contributed by atoms with van der Waals surface area (Å²) in [5.41, 5.74) is 1.15. The zero-order valence-electron chi connectivity index (χ0n) is 13.7. The van der Waals surface area contributed by atoms with Gasteiger partial charge < -0.3 is 5.32 Å². The topological polar surface area (TPSA) is 88.2 Å². The molecule has 6 nitrogen and oxygen atoms in total. The van der Waals surface area contributed by atoms with Crippen LogP contribution in [0.25, 0.3) is 0 Å². The third-order valence-corrected chi connectivity index (χ3v) is 5.16. The lowest BCUT2D eigenvalue weighted by atomic mass is 10.2. The first-order valence-corrected chi connectivity index (χ1v) is 9.21. The van der Waals surface area contributed by atoms with Gasteiger partial charge in [-0.2, -0.15) is 0 Å². The Labute approximate surface area is 142 Å². The molecule has 128 valence electrons. The van der Waals surface area contributed by atoms with Crippen molar-refractivity contribution >= 4 is 15.9 Å². The van der Waals surface area contributed by atoms with E-state index in [1.807, 2.05) is 19.1 Å². The van der Waals surface area contributed by atoms with Crippen LogP contribution in [0.3, 0.4) is 0 Å². The Hall–Kier alpha value is -2.25. The molecule has 2 N–H and O–H groups in total. The van der Waals surface area contributed by atoms with E-state index < -0.39 is 10.0 Å². The maximum absolute atomic E-state index is 12.2. The molecule has 2 rings (SSSR count). The molecular formula is C17H21N3O3S. The number of aromatic nitrogens is 1. The van der Waals surface area contributed by atoms with Gasteiger partial charge in [-0.3, -0.25) is 9.78 Å². The summed E-state index contributed by atoms with van der Waals surface area (Å²) in [7, 11) is -3.56. The van der Waals surface area contributed by atoms with Gasteiger partial charge >= 0.3 is 0 Å². The fourth-order valence-electron chi connectivity index (χ4n) is 1.98. The number of nitrogens with one attached hydrogen (secondary N) is 2. The van der Waals surface area contributed by atoms with E-state index in [1.165, 1.54) is 24.3 Å². The zero-order chi connectivity index (χ0) is 17.6. The molecule has 0 saturated heterocycles. The van der Waals surface area contributed by atoms with Crippen molar-refractivity contribution < 1.29 is 13.2 Å². The highest BCUT2D eigenvalue weighted by Gasteiger charge is 2.17. The lowest BCUT2D eigenvalue weighted by molar-refractivity contribution is 0.0950. The molecule has 0 fully saturated rings. The summed E-state index contributed by atoms with van der Waals surface area (Å²) >= 11 is 0. The molecule has 24 heavy (non-hydrogen) atoms. The van der Waals surface area contributed by atoms with Crippen LogP contribution in [0, 0.1) is 0 Å². The van der Waals surface area contributed by atoms with E-state index in [-0.39, 0.29) is 16.8 Å². The summed E-state index contributed by atoms with van der Waals surface area (Å²) in [6.07, 6.45) is 2.36. The van der Waals surface area contributed by atoms with Crippen LogP contribution in [-0.2, 0) is 16.6 Å². The number of carbonyl (C=O) groups excluding carboxylic acids is 1. The SMILES string of the molecule is CC[C@@H](C)NS(=O)(=O)c1ccc(C(=O)NCc2ccccn2)cc1. The molecule has 0 unspecified atom stereocenters. The minimum atomic E-state index is -3.56. The van der Waals surface area contributed by atoms with Crippen molar-refractivity contribution in [1.29, 1.82) is 0 Å². The van der Waals surface area contributed by atoms with Gasteiger partial charge in [0, 0.05) is 17.8 Å². The summed E-state index contributed by atoms with van der Waals surface area (Å²) in [5.74, 6) is -0.278. The molecule has 2 aromatic rings. The largest absolute Gasteiger partial charge is 0.346 e. The summed E-state index contributed by atoms with van der Waals surface area (Å²) in [6, 6.07) is 11.2. The molecule has 0 aliphatic rings. The Morgan fingerprint density at radius 1 is 1.17 bits per heavy atom. The van der Waals surface area contributed by atoms with Crippen molar-refractivity contribution in [2.24, 2.45) is 0 Å². The Bertz CT molecular complexity index is 774. The summed E-state index contributed by atoms with van der Waals surface area (Å²) in [4.78, 5) is 16.4. The van der Waals surface area contributed by atoms with E-state index in [9.17, 15) is 13.2 Å². The lowest BCUT2D eigenvalue weighted by Crippen LogP contribution is -2.32. The van der Waals surface area contributed by atoms with Gasteiger partial charge in [0.25, 0.3) is 5.91 Å². The lowest BCUT2D eigenvalue weighted by Gasteiger charge is -2.12. The van der Waals surface area contributed by atoms with Gasteiger partial charge in [0.15, 0.2) is 0 Å². The van der Waals surface area contributed by atoms with E-state index in [4.69, 9.17) is 0 Å². The number of hydrogen-bond donors (Lipinski definition) is 2. The highest BCUT2D eigenvalue weighted by molar-refractivity contribution is 7.89. The Kier molecular flexibility index (Phi) is 6.05. The van der Waals surface area contributed by atoms with Crippen molar-refractivity contribution in [3.63, 3.8) is 0 Å². The van der Waals surface area contributed by atoms with Gasteiger partial charge in [0.2, 0.25) is 10.0 Å². The molecule has 1 aromatic heterocycles. The smallest absolute Gasteiger partial charge is 0.251 e. The minimum Gasteiger partial charge on any atom is -0.346 e. The van der Waals surface area contributed by atoms with Crippen LogP contribution < -0.4 is 10.0 Å². The number of amides is 1. The quantitative estimate of drug-likeness (QED) is 0.803. The second-order valence-corrected chi connectivity index (χ2v) is 7.17. The molecule has 0 radical (unpaired) electrons. The van der Waals surface area contributed by atoms with Crippen molar-refractivity contribution in [3.05, 3.63) is 59.9 Å². The van der Waals surface area contributed by atoms with Gasteiger partial charge in [0.1, 0.15) is 0 Å². The Balaban J connectivity index is 2.02. The van der Waals surface area contributed by atoms with Crippen LogP contribution in [0.1, 0.15) is 36.3 Å². The maximum atomic E-state index is 12.2. The monoisotopic (exact) mass is 347 g/mol. The summed E-state index contributed by atoms with van der Waals surface area (Å²) in [6.45, 7) is 4.02. The average molecular weight is 347 g/mol. The van der Waals surface area contributed by atoms with E-state index in [2.05, 4.69) is 15.0 Å². The average Bonchev–Trinajstić information content (AvgIpc) is 2.60. The van der Waals surface area contributed by atoms with Gasteiger partial charge in [0.05, 0.1) is 17.1 Å². The molecule has 7 heteroatoms. The second-order valence-electron chi connectivity index (χ2n) is 5.46. The van der Waals surface area contributed by atoms with Crippen LogP contribution in [-0.4, -0.2) is 25.4 Å². The summed E-state index contributed by atoms with van der Waals surface area (Å²) in [5, 5.41) is 2.75. The number of rotatable bonds is 7. The normalized spacial score (nSPS) is 12.6. The first kappa shape index (κ1) is 18.1. The molecule has 0 aliphatic heterocycles. The predicted octanol–water partition coefficient (Wildman–Crippen LogP) is 2.09. The summed E-state index contributed by atoms with van der Waals surface area (Å²) < 4.78 is 26.9.